The third kappa shape index (κ3) is 4.55. The Balaban J connectivity index is 2.11. The molecular weight excluding hydrogens is 285 g/mol. The number of hydrogen-bond donors (Lipinski definition) is 1. The third-order valence-electron chi connectivity index (χ3n) is 3.67. The molecule has 0 saturated heterocycles. The van der Waals surface area contributed by atoms with Gasteiger partial charge in [-0.05, 0) is 48.7 Å². The normalized spacial score (nSPS) is 13.9. The van der Waals surface area contributed by atoms with E-state index in [0.717, 1.165) is 23.4 Å². The highest BCUT2D eigenvalue weighted by Gasteiger charge is 2.14. The predicted octanol–water partition coefficient (Wildman–Crippen LogP) is 5.67. The van der Waals surface area contributed by atoms with Crippen LogP contribution in [0.15, 0.2) is 48.5 Å². The van der Waals surface area contributed by atoms with Gasteiger partial charge in [0.1, 0.15) is 5.82 Å². The van der Waals surface area contributed by atoms with Gasteiger partial charge in [0.25, 0.3) is 0 Å². The Labute approximate surface area is 131 Å². The summed E-state index contributed by atoms with van der Waals surface area (Å²) in [7, 11) is 0. The Hall–Kier alpha value is -1.38. The highest BCUT2D eigenvalue weighted by Crippen LogP contribution is 2.24. The van der Waals surface area contributed by atoms with Crippen LogP contribution in [-0.2, 0) is 0 Å². The van der Waals surface area contributed by atoms with Gasteiger partial charge in [0.2, 0.25) is 0 Å². The monoisotopic (exact) mass is 305 g/mol. The van der Waals surface area contributed by atoms with E-state index in [1.807, 2.05) is 24.3 Å². The molecule has 0 amide bonds. The molecule has 0 aromatic heterocycles. The first-order chi connectivity index (χ1) is 10.1. The van der Waals surface area contributed by atoms with Gasteiger partial charge in [-0.15, -0.1) is 0 Å². The summed E-state index contributed by atoms with van der Waals surface area (Å²) >= 11 is 5.95. The molecule has 0 heterocycles. The lowest BCUT2D eigenvalue weighted by atomic mass is 9.99. The summed E-state index contributed by atoms with van der Waals surface area (Å²) < 4.78 is 13.0. The highest BCUT2D eigenvalue weighted by molar-refractivity contribution is 6.30. The number of hydrogen-bond acceptors (Lipinski definition) is 1. The number of benzene rings is 2. The largest absolute Gasteiger partial charge is 0.303 e. The lowest BCUT2D eigenvalue weighted by molar-refractivity contribution is 0.439. The molecule has 1 N–H and O–H groups in total. The second-order valence-corrected chi connectivity index (χ2v) is 5.77. The van der Waals surface area contributed by atoms with E-state index in [-0.39, 0.29) is 17.9 Å². The van der Waals surface area contributed by atoms with E-state index in [0.29, 0.717) is 0 Å². The van der Waals surface area contributed by atoms with Crippen molar-refractivity contribution in [3.63, 3.8) is 0 Å². The molecule has 112 valence electrons. The van der Waals surface area contributed by atoms with Crippen molar-refractivity contribution in [1.82, 2.24) is 5.32 Å². The van der Waals surface area contributed by atoms with E-state index >= 15 is 0 Å². The Morgan fingerprint density at radius 2 is 1.57 bits per heavy atom. The maximum atomic E-state index is 13.0. The van der Waals surface area contributed by atoms with Crippen molar-refractivity contribution >= 4 is 11.6 Å². The van der Waals surface area contributed by atoms with Crippen LogP contribution >= 0.6 is 11.6 Å². The molecule has 21 heavy (non-hydrogen) atoms. The maximum absolute atomic E-state index is 13.0. The molecule has 1 nitrogen and oxygen atoms in total. The number of halogens is 2. The molecule has 0 bridgehead atoms. The lowest BCUT2D eigenvalue weighted by Crippen LogP contribution is -2.24. The van der Waals surface area contributed by atoms with Gasteiger partial charge in [-0.1, -0.05) is 49.2 Å². The van der Waals surface area contributed by atoms with E-state index in [2.05, 4.69) is 31.3 Å². The van der Waals surface area contributed by atoms with E-state index in [9.17, 15) is 4.39 Å². The Morgan fingerprint density at radius 1 is 1.00 bits per heavy atom. The zero-order valence-electron chi connectivity index (χ0n) is 12.4. The molecule has 0 radical (unpaired) electrons. The fraction of sp³-hybridized carbons (Fsp3) is 0.333. The highest BCUT2D eigenvalue weighted by atomic mass is 35.5. The van der Waals surface area contributed by atoms with Crippen LogP contribution in [0.4, 0.5) is 4.39 Å². The van der Waals surface area contributed by atoms with Crippen LogP contribution in [0.2, 0.25) is 5.02 Å². The molecule has 0 aliphatic heterocycles. The summed E-state index contributed by atoms with van der Waals surface area (Å²) in [6, 6.07) is 15.1. The number of nitrogens with one attached hydrogen (secondary N) is 1. The average Bonchev–Trinajstić information content (AvgIpc) is 2.48. The standard InChI is InChI=1S/C18H21ClFN/c1-3-4-18(15-5-9-16(19)10-6-15)21-13(2)14-7-11-17(20)12-8-14/h5-13,18,21H,3-4H2,1-2H3/t13-,18?/m1/s1. The van der Waals surface area contributed by atoms with Crippen LogP contribution in [0.1, 0.15) is 49.9 Å². The lowest BCUT2D eigenvalue weighted by Gasteiger charge is -2.24. The van der Waals surface area contributed by atoms with E-state index in [4.69, 9.17) is 11.6 Å². The first-order valence-electron chi connectivity index (χ1n) is 7.37. The Bertz CT molecular complexity index is 550. The summed E-state index contributed by atoms with van der Waals surface area (Å²) in [5.74, 6) is -0.200. The van der Waals surface area contributed by atoms with Crippen molar-refractivity contribution in [2.75, 3.05) is 0 Å². The molecule has 2 aromatic carbocycles. The Kier molecular flexibility index (Phi) is 5.77. The quantitative estimate of drug-likeness (QED) is 0.725. The smallest absolute Gasteiger partial charge is 0.123 e. The van der Waals surface area contributed by atoms with Gasteiger partial charge >= 0.3 is 0 Å². The summed E-state index contributed by atoms with van der Waals surface area (Å²) in [6.45, 7) is 4.28. The van der Waals surface area contributed by atoms with Crippen LogP contribution < -0.4 is 5.32 Å². The van der Waals surface area contributed by atoms with Gasteiger partial charge < -0.3 is 5.32 Å². The van der Waals surface area contributed by atoms with Crippen molar-refractivity contribution in [3.05, 3.63) is 70.5 Å². The van der Waals surface area contributed by atoms with E-state index in [1.165, 1.54) is 17.7 Å². The molecule has 2 rings (SSSR count). The van der Waals surface area contributed by atoms with Gasteiger partial charge in [0, 0.05) is 17.1 Å². The maximum Gasteiger partial charge on any atom is 0.123 e. The molecule has 2 atom stereocenters. The zero-order chi connectivity index (χ0) is 15.2. The van der Waals surface area contributed by atoms with Crippen LogP contribution in [-0.4, -0.2) is 0 Å². The molecule has 0 saturated carbocycles. The van der Waals surface area contributed by atoms with E-state index < -0.39 is 0 Å². The fourth-order valence-corrected chi connectivity index (χ4v) is 2.61. The second-order valence-electron chi connectivity index (χ2n) is 5.33. The Morgan fingerprint density at radius 3 is 2.14 bits per heavy atom. The fourth-order valence-electron chi connectivity index (χ4n) is 2.48. The van der Waals surface area contributed by atoms with Crippen LogP contribution in [0, 0.1) is 5.82 Å². The molecule has 0 aliphatic rings. The van der Waals surface area contributed by atoms with Crippen molar-refractivity contribution in [2.45, 2.75) is 38.8 Å². The van der Waals surface area contributed by atoms with Gasteiger partial charge in [0.05, 0.1) is 0 Å². The summed E-state index contributed by atoms with van der Waals surface area (Å²) in [5, 5.41) is 4.37. The first-order valence-corrected chi connectivity index (χ1v) is 7.75. The van der Waals surface area contributed by atoms with Crippen molar-refractivity contribution in [2.24, 2.45) is 0 Å². The molecule has 1 unspecified atom stereocenters. The van der Waals surface area contributed by atoms with Gasteiger partial charge in [-0.2, -0.15) is 0 Å². The number of rotatable bonds is 6. The molecule has 0 aliphatic carbocycles. The minimum absolute atomic E-state index is 0.165. The minimum atomic E-state index is -0.200. The SMILES string of the molecule is CCCC(N[C@H](C)c1ccc(F)cc1)c1ccc(Cl)cc1. The molecule has 0 spiro atoms. The second kappa shape index (κ2) is 7.58. The molecule has 3 heteroatoms. The van der Waals surface area contributed by atoms with Gasteiger partial charge in [-0.3, -0.25) is 0 Å². The summed E-state index contributed by atoms with van der Waals surface area (Å²) in [6.07, 6.45) is 2.14. The third-order valence-corrected chi connectivity index (χ3v) is 3.92. The first kappa shape index (κ1) is 16.0. The van der Waals surface area contributed by atoms with Gasteiger partial charge in [0.15, 0.2) is 0 Å². The molecular formula is C18H21ClFN. The van der Waals surface area contributed by atoms with Crippen molar-refractivity contribution < 1.29 is 4.39 Å². The van der Waals surface area contributed by atoms with Crippen molar-refractivity contribution in [1.29, 1.82) is 0 Å². The molecule has 0 fully saturated rings. The molecule has 2 aromatic rings. The minimum Gasteiger partial charge on any atom is -0.303 e. The van der Waals surface area contributed by atoms with Crippen LogP contribution in [0.3, 0.4) is 0 Å². The van der Waals surface area contributed by atoms with E-state index in [1.54, 1.807) is 0 Å². The van der Waals surface area contributed by atoms with Crippen LogP contribution in [0.25, 0.3) is 0 Å². The summed E-state index contributed by atoms with van der Waals surface area (Å²) in [4.78, 5) is 0. The van der Waals surface area contributed by atoms with Crippen molar-refractivity contribution in [3.8, 4) is 0 Å². The van der Waals surface area contributed by atoms with Crippen LogP contribution in [0.5, 0.6) is 0 Å². The average molecular weight is 306 g/mol. The predicted molar refractivity (Wildman–Crippen MR) is 87.1 cm³/mol. The topological polar surface area (TPSA) is 12.0 Å². The van der Waals surface area contributed by atoms with Gasteiger partial charge in [-0.25, -0.2) is 4.39 Å². The summed E-state index contributed by atoms with van der Waals surface area (Å²) in [5.41, 5.74) is 2.32. The zero-order valence-corrected chi connectivity index (χ0v) is 13.2.